The minimum atomic E-state index is -0.0570. The molecule has 0 bridgehead atoms. The summed E-state index contributed by atoms with van der Waals surface area (Å²) in [4.78, 5) is 39.9. The number of halogens is 1. The highest BCUT2D eigenvalue weighted by molar-refractivity contribution is 6.34. The van der Waals surface area contributed by atoms with Crippen molar-refractivity contribution < 1.29 is 14.3 Å². The van der Waals surface area contributed by atoms with Gasteiger partial charge in [-0.3, -0.25) is 9.59 Å². The van der Waals surface area contributed by atoms with Gasteiger partial charge < -0.3 is 19.5 Å². The van der Waals surface area contributed by atoms with Gasteiger partial charge in [0.1, 0.15) is 22.8 Å². The average molecular weight is 455 g/mol. The van der Waals surface area contributed by atoms with Gasteiger partial charge in [-0.25, -0.2) is 15.0 Å². The van der Waals surface area contributed by atoms with Crippen molar-refractivity contribution in [3.05, 3.63) is 41.1 Å². The molecule has 1 N–H and O–H groups in total. The summed E-state index contributed by atoms with van der Waals surface area (Å²) in [5, 5.41) is 3.96. The summed E-state index contributed by atoms with van der Waals surface area (Å²) in [7, 11) is 3.35. The third-order valence-corrected chi connectivity index (χ3v) is 6.77. The third-order valence-electron chi connectivity index (χ3n) is 6.47. The van der Waals surface area contributed by atoms with Crippen molar-refractivity contribution in [2.75, 3.05) is 25.5 Å². The Bertz CT molecular complexity index is 1240. The molecule has 1 aliphatic carbocycles. The number of aryl methyl sites for hydroxylation is 2. The van der Waals surface area contributed by atoms with Crippen LogP contribution in [0.25, 0.3) is 11.0 Å². The zero-order chi connectivity index (χ0) is 22.6. The molecule has 5 rings (SSSR count). The number of anilines is 1. The van der Waals surface area contributed by atoms with Crippen LogP contribution < -0.4 is 10.1 Å². The van der Waals surface area contributed by atoms with E-state index in [2.05, 4.69) is 20.3 Å². The Labute approximate surface area is 189 Å². The molecular formula is C22H23ClN6O3. The van der Waals surface area contributed by atoms with Gasteiger partial charge >= 0.3 is 0 Å². The number of hydrogen-bond acceptors (Lipinski definition) is 6. The summed E-state index contributed by atoms with van der Waals surface area (Å²) in [5.74, 6) is 0.354. The summed E-state index contributed by atoms with van der Waals surface area (Å²) in [6, 6.07) is 5.27. The van der Waals surface area contributed by atoms with Crippen LogP contribution in [0.1, 0.15) is 29.0 Å². The van der Waals surface area contributed by atoms with Crippen LogP contribution in [0.5, 0.6) is 5.88 Å². The second-order valence-electron chi connectivity index (χ2n) is 8.79. The fourth-order valence-electron chi connectivity index (χ4n) is 4.87. The van der Waals surface area contributed by atoms with Crippen molar-refractivity contribution >= 4 is 40.1 Å². The zero-order valence-corrected chi connectivity index (χ0v) is 18.8. The SMILES string of the molecule is COc1cc(NC(=O)C2CC3(C2)CN(C(=O)c2cc4c(Cl)ncnc4n2C)C3)cc(C)n1. The van der Waals surface area contributed by atoms with Crippen molar-refractivity contribution in [3.8, 4) is 5.88 Å². The standard InChI is InChI=1S/C22H23ClN6O3/c1-12-4-14(5-17(26-12)32-3)27-20(30)13-7-22(8-13)9-29(10-22)21(31)16-6-15-18(23)24-11-25-19(15)28(16)2/h4-6,11,13H,7-10H2,1-3H3,(H,26,27,30). The van der Waals surface area contributed by atoms with E-state index in [9.17, 15) is 9.59 Å². The quantitative estimate of drug-likeness (QED) is 0.608. The second-order valence-corrected chi connectivity index (χ2v) is 9.14. The number of pyridine rings is 1. The number of nitrogens with one attached hydrogen (secondary N) is 1. The Morgan fingerprint density at radius 2 is 1.97 bits per heavy atom. The number of ether oxygens (including phenoxy) is 1. The maximum Gasteiger partial charge on any atom is 0.270 e. The number of fused-ring (bicyclic) bond motifs is 1. The number of amides is 2. The first-order valence-electron chi connectivity index (χ1n) is 10.4. The normalized spacial score (nSPS) is 17.2. The molecule has 1 aliphatic heterocycles. The molecule has 3 aromatic heterocycles. The van der Waals surface area contributed by atoms with Gasteiger partial charge in [0.25, 0.3) is 5.91 Å². The summed E-state index contributed by atoms with van der Waals surface area (Å²) < 4.78 is 6.91. The third kappa shape index (κ3) is 3.37. The number of aromatic nitrogens is 4. The minimum absolute atomic E-state index is 0.00467. The number of rotatable bonds is 4. The molecule has 2 aliphatic rings. The molecule has 32 heavy (non-hydrogen) atoms. The highest BCUT2D eigenvalue weighted by Gasteiger charge is 2.55. The summed E-state index contributed by atoms with van der Waals surface area (Å²) >= 11 is 6.14. The Morgan fingerprint density at radius 3 is 2.66 bits per heavy atom. The number of carbonyl (C=O) groups excluding carboxylic acids is 2. The molecule has 166 valence electrons. The van der Waals surface area contributed by atoms with E-state index in [1.165, 1.54) is 6.33 Å². The van der Waals surface area contributed by atoms with E-state index < -0.39 is 0 Å². The molecule has 1 spiro atoms. The van der Waals surface area contributed by atoms with Gasteiger partial charge in [-0.15, -0.1) is 0 Å². The van der Waals surface area contributed by atoms with Crippen LogP contribution in [0.15, 0.2) is 24.5 Å². The maximum atomic E-state index is 13.0. The lowest BCUT2D eigenvalue weighted by Crippen LogP contribution is -2.65. The lowest BCUT2D eigenvalue weighted by molar-refractivity contribution is -0.135. The molecule has 0 aromatic carbocycles. The van der Waals surface area contributed by atoms with Crippen LogP contribution >= 0.6 is 11.6 Å². The van der Waals surface area contributed by atoms with E-state index in [-0.39, 0.29) is 23.1 Å². The first-order chi connectivity index (χ1) is 15.3. The largest absolute Gasteiger partial charge is 0.481 e. The van der Waals surface area contributed by atoms with Gasteiger partial charge in [-0.1, -0.05) is 11.6 Å². The maximum absolute atomic E-state index is 13.0. The van der Waals surface area contributed by atoms with Crippen molar-refractivity contribution in [1.82, 2.24) is 24.4 Å². The van der Waals surface area contributed by atoms with Crippen LogP contribution in [0.3, 0.4) is 0 Å². The average Bonchev–Trinajstić information content (AvgIpc) is 3.03. The zero-order valence-electron chi connectivity index (χ0n) is 18.1. The first kappa shape index (κ1) is 20.7. The van der Waals surface area contributed by atoms with Gasteiger partial charge in [0.15, 0.2) is 0 Å². The van der Waals surface area contributed by atoms with Crippen molar-refractivity contribution in [3.63, 3.8) is 0 Å². The van der Waals surface area contributed by atoms with Gasteiger partial charge in [0, 0.05) is 48.9 Å². The van der Waals surface area contributed by atoms with Crippen LogP contribution in [0.2, 0.25) is 5.15 Å². The van der Waals surface area contributed by atoms with Crippen LogP contribution in [-0.2, 0) is 11.8 Å². The molecule has 0 atom stereocenters. The van der Waals surface area contributed by atoms with Crippen molar-refractivity contribution in [2.45, 2.75) is 19.8 Å². The number of nitrogens with zero attached hydrogens (tertiary/aromatic N) is 5. The minimum Gasteiger partial charge on any atom is -0.481 e. The van der Waals surface area contributed by atoms with Gasteiger partial charge in [0.05, 0.1) is 12.5 Å². The fraction of sp³-hybridized carbons (Fsp3) is 0.409. The predicted octanol–water partition coefficient (Wildman–Crippen LogP) is 2.82. The van der Waals surface area contributed by atoms with Crippen molar-refractivity contribution in [2.24, 2.45) is 18.4 Å². The van der Waals surface area contributed by atoms with Crippen LogP contribution in [0, 0.1) is 18.3 Å². The summed E-state index contributed by atoms with van der Waals surface area (Å²) in [6.07, 6.45) is 2.94. The van der Waals surface area contributed by atoms with Gasteiger partial charge in [0.2, 0.25) is 11.8 Å². The highest BCUT2D eigenvalue weighted by atomic mass is 35.5. The number of hydrogen-bond donors (Lipinski definition) is 1. The smallest absolute Gasteiger partial charge is 0.270 e. The lowest BCUT2D eigenvalue weighted by atomic mass is 9.57. The number of likely N-dealkylation sites (tertiary alicyclic amines) is 1. The van der Waals surface area contributed by atoms with Crippen molar-refractivity contribution in [1.29, 1.82) is 0 Å². The van der Waals surface area contributed by atoms with E-state index in [4.69, 9.17) is 16.3 Å². The Balaban J connectivity index is 1.19. The van der Waals surface area contributed by atoms with E-state index in [1.54, 1.807) is 30.9 Å². The summed E-state index contributed by atoms with van der Waals surface area (Å²) in [6.45, 7) is 3.16. The molecular weight excluding hydrogens is 432 g/mol. The number of carbonyl (C=O) groups is 2. The van der Waals surface area contributed by atoms with E-state index in [0.29, 0.717) is 46.5 Å². The van der Waals surface area contributed by atoms with Gasteiger partial charge in [-0.2, -0.15) is 0 Å². The second kappa shape index (κ2) is 7.44. The Hall–Kier alpha value is -3.20. The molecule has 2 amide bonds. The van der Waals surface area contributed by atoms with Crippen LogP contribution in [-0.4, -0.2) is 56.4 Å². The first-order valence-corrected chi connectivity index (χ1v) is 10.8. The molecule has 9 nitrogen and oxygen atoms in total. The predicted molar refractivity (Wildman–Crippen MR) is 119 cm³/mol. The number of methoxy groups -OCH3 is 1. The van der Waals surface area contributed by atoms with Gasteiger partial charge in [-0.05, 0) is 31.9 Å². The molecule has 4 heterocycles. The fourth-order valence-corrected chi connectivity index (χ4v) is 5.05. The molecule has 1 saturated heterocycles. The topological polar surface area (TPSA) is 102 Å². The molecule has 0 radical (unpaired) electrons. The Kier molecular flexibility index (Phi) is 4.81. The monoisotopic (exact) mass is 454 g/mol. The highest BCUT2D eigenvalue weighted by Crippen LogP contribution is 2.52. The molecule has 3 aromatic rings. The molecule has 1 saturated carbocycles. The Morgan fingerprint density at radius 1 is 1.22 bits per heavy atom. The van der Waals surface area contributed by atoms with E-state index >= 15 is 0 Å². The summed E-state index contributed by atoms with van der Waals surface area (Å²) in [5.41, 5.74) is 2.66. The lowest BCUT2D eigenvalue weighted by Gasteiger charge is -2.58. The van der Waals surface area contributed by atoms with E-state index in [0.717, 1.165) is 18.5 Å². The molecule has 10 heteroatoms. The van der Waals surface area contributed by atoms with Crippen LogP contribution in [0.4, 0.5) is 5.69 Å². The molecule has 0 unspecified atom stereocenters. The van der Waals surface area contributed by atoms with E-state index in [1.807, 2.05) is 17.9 Å². The molecule has 2 fully saturated rings.